The first kappa shape index (κ1) is 15.6. The van der Waals surface area contributed by atoms with Gasteiger partial charge in [0.05, 0.1) is 10.9 Å². The highest BCUT2D eigenvalue weighted by Gasteiger charge is 2.33. The van der Waals surface area contributed by atoms with E-state index in [0.717, 1.165) is 49.4 Å². The maximum absolute atomic E-state index is 13.0. The minimum Gasteiger partial charge on any atom is -0.492 e. The van der Waals surface area contributed by atoms with Crippen LogP contribution in [-0.4, -0.2) is 35.5 Å². The number of benzene rings is 1. The molecule has 126 valence electrons. The molecule has 3 heterocycles. The number of carbonyl (C=O) groups is 1. The number of fused-ring (bicyclic) bond motifs is 1. The van der Waals surface area contributed by atoms with Gasteiger partial charge in [0.25, 0.3) is 0 Å². The predicted molar refractivity (Wildman–Crippen MR) is 94.5 cm³/mol. The lowest BCUT2D eigenvalue weighted by Crippen LogP contribution is -2.45. The molecule has 1 amide bonds. The van der Waals surface area contributed by atoms with E-state index < -0.39 is 0 Å². The largest absolute Gasteiger partial charge is 0.492 e. The molecule has 1 aromatic heterocycles. The molecule has 2 aliphatic heterocycles. The van der Waals surface area contributed by atoms with Crippen LogP contribution >= 0.6 is 11.3 Å². The monoisotopic (exact) mass is 342 g/mol. The number of para-hydroxylation sites is 1. The minimum absolute atomic E-state index is 0.0586. The molecule has 1 saturated heterocycles. The zero-order chi connectivity index (χ0) is 16.5. The van der Waals surface area contributed by atoms with E-state index in [4.69, 9.17) is 4.74 Å². The molecule has 0 aliphatic carbocycles. The molecule has 1 fully saturated rings. The number of hydrogen-bond donors (Lipinski definition) is 0. The molecule has 0 unspecified atom stereocenters. The molecule has 5 heteroatoms. The Morgan fingerprint density at radius 1 is 1.38 bits per heavy atom. The van der Waals surface area contributed by atoms with Crippen LogP contribution in [0.15, 0.2) is 29.6 Å². The highest BCUT2D eigenvalue weighted by Crippen LogP contribution is 2.32. The molecule has 24 heavy (non-hydrogen) atoms. The predicted octanol–water partition coefficient (Wildman–Crippen LogP) is 3.41. The number of aryl methyl sites for hydroxylation is 1. The molecular weight excluding hydrogens is 320 g/mol. The van der Waals surface area contributed by atoms with Crippen molar-refractivity contribution >= 4 is 17.2 Å². The van der Waals surface area contributed by atoms with Crippen molar-refractivity contribution in [2.45, 2.75) is 32.1 Å². The fourth-order valence-corrected chi connectivity index (χ4v) is 4.61. The summed E-state index contributed by atoms with van der Waals surface area (Å²) in [7, 11) is 0. The van der Waals surface area contributed by atoms with Gasteiger partial charge in [-0.05, 0) is 37.8 Å². The van der Waals surface area contributed by atoms with Gasteiger partial charge < -0.3 is 9.64 Å². The van der Waals surface area contributed by atoms with Crippen LogP contribution in [0.3, 0.4) is 0 Å². The van der Waals surface area contributed by atoms with Crippen LogP contribution in [0.5, 0.6) is 5.75 Å². The number of rotatable bonds is 2. The van der Waals surface area contributed by atoms with E-state index in [2.05, 4.69) is 16.4 Å². The van der Waals surface area contributed by atoms with Crippen LogP contribution < -0.4 is 4.74 Å². The standard InChI is InChI=1S/C19H22N2O2S/c1-13-12-24-18(20-13)15-6-4-8-21(10-15)19(22)16-9-14-5-2-3-7-17(14)23-11-16/h2-3,5,7,12,15-16H,4,6,8-11H2,1H3/t15-,16-/m1/s1. The van der Waals surface area contributed by atoms with Crippen molar-refractivity contribution in [2.24, 2.45) is 5.92 Å². The molecule has 4 rings (SSSR count). The third-order valence-corrected chi connectivity index (χ3v) is 6.07. The SMILES string of the molecule is Cc1csc([C@@H]2CCCN(C(=O)[C@H]3COc4ccccc4C3)C2)n1. The molecule has 0 saturated carbocycles. The second kappa shape index (κ2) is 6.55. The average Bonchev–Trinajstić information content (AvgIpc) is 3.07. The van der Waals surface area contributed by atoms with Crippen LogP contribution in [0.2, 0.25) is 0 Å². The third kappa shape index (κ3) is 3.05. The molecule has 4 nitrogen and oxygen atoms in total. The number of hydrogen-bond acceptors (Lipinski definition) is 4. The van der Waals surface area contributed by atoms with Gasteiger partial charge in [-0.25, -0.2) is 4.98 Å². The van der Waals surface area contributed by atoms with Crippen LogP contribution in [0.4, 0.5) is 0 Å². The first-order chi connectivity index (χ1) is 11.7. The fourth-order valence-electron chi connectivity index (χ4n) is 3.68. The van der Waals surface area contributed by atoms with Crippen LogP contribution in [-0.2, 0) is 11.2 Å². The molecule has 0 N–H and O–H groups in total. The van der Waals surface area contributed by atoms with E-state index in [9.17, 15) is 4.79 Å². The molecule has 2 atom stereocenters. The summed E-state index contributed by atoms with van der Waals surface area (Å²) in [6.45, 7) is 4.18. The molecule has 2 aliphatic rings. The molecule has 0 radical (unpaired) electrons. The number of nitrogens with zero attached hydrogens (tertiary/aromatic N) is 2. The van der Waals surface area contributed by atoms with E-state index in [1.807, 2.05) is 30.0 Å². The lowest BCUT2D eigenvalue weighted by Gasteiger charge is -2.35. The quantitative estimate of drug-likeness (QED) is 0.840. The summed E-state index contributed by atoms with van der Waals surface area (Å²) in [6.07, 6.45) is 2.96. The normalized spacial score (nSPS) is 23.5. The summed E-state index contributed by atoms with van der Waals surface area (Å²) < 4.78 is 5.81. The highest BCUT2D eigenvalue weighted by molar-refractivity contribution is 7.09. The number of thiazole rings is 1. The van der Waals surface area contributed by atoms with Gasteiger partial charge in [0.15, 0.2) is 0 Å². The third-order valence-electron chi connectivity index (χ3n) is 4.95. The van der Waals surface area contributed by atoms with Gasteiger partial charge in [-0.3, -0.25) is 4.79 Å². The summed E-state index contributed by atoms with van der Waals surface area (Å²) >= 11 is 1.72. The van der Waals surface area contributed by atoms with Crippen molar-refractivity contribution in [3.8, 4) is 5.75 Å². The van der Waals surface area contributed by atoms with Crippen molar-refractivity contribution in [3.05, 3.63) is 45.9 Å². The van der Waals surface area contributed by atoms with Crippen molar-refractivity contribution < 1.29 is 9.53 Å². The smallest absolute Gasteiger partial charge is 0.229 e. The highest BCUT2D eigenvalue weighted by atomic mass is 32.1. The van der Waals surface area contributed by atoms with E-state index in [1.165, 1.54) is 5.01 Å². The molecule has 1 aromatic carbocycles. The average molecular weight is 342 g/mol. The van der Waals surface area contributed by atoms with Crippen LogP contribution in [0, 0.1) is 12.8 Å². The Bertz CT molecular complexity index is 742. The van der Waals surface area contributed by atoms with Gasteiger partial charge in [0.2, 0.25) is 5.91 Å². The first-order valence-corrected chi connectivity index (χ1v) is 9.50. The van der Waals surface area contributed by atoms with Gasteiger partial charge in [-0.15, -0.1) is 11.3 Å². The number of amides is 1. The zero-order valence-electron chi connectivity index (χ0n) is 13.9. The molecular formula is C19H22N2O2S. The maximum atomic E-state index is 13.0. The summed E-state index contributed by atoms with van der Waals surface area (Å²) in [4.78, 5) is 19.6. The van der Waals surface area contributed by atoms with Crippen LogP contribution in [0.25, 0.3) is 0 Å². The molecule has 2 aromatic rings. The van der Waals surface area contributed by atoms with E-state index in [0.29, 0.717) is 12.5 Å². The van der Waals surface area contributed by atoms with Gasteiger partial charge in [0.1, 0.15) is 12.4 Å². The first-order valence-electron chi connectivity index (χ1n) is 8.62. The number of ether oxygens (including phenoxy) is 1. The zero-order valence-corrected chi connectivity index (χ0v) is 14.7. The lowest BCUT2D eigenvalue weighted by molar-refractivity contribution is -0.138. The Morgan fingerprint density at radius 3 is 3.08 bits per heavy atom. The topological polar surface area (TPSA) is 42.4 Å². The van der Waals surface area contributed by atoms with Gasteiger partial charge in [-0.2, -0.15) is 0 Å². The lowest BCUT2D eigenvalue weighted by atomic mass is 9.93. The van der Waals surface area contributed by atoms with Crippen molar-refractivity contribution in [1.82, 2.24) is 9.88 Å². The van der Waals surface area contributed by atoms with Crippen LogP contribution in [0.1, 0.15) is 35.0 Å². The van der Waals surface area contributed by atoms with Gasteiger partial charge >= 0.3 is 0 Å². The summed E-state index contributed by atoms with van der Waals surface area (Å²) in [5.41, 5.74) is 2.22. The number of likely N-dealkylation sites (tertiary alicyclic amines) is 1. The number of piperidine rings is 1. The van der Waals surface area contributed by atoms with Crippen molar-refractivity contribution in [3.63, 3.8) is 0 Å². The van der Waals surface area contributed by atoms with Gasteiger partial charge in [-0.1, -0.05) is 18.2 Å². The summed E-state index contributed by atoms with van der Waals surface area (Å²) in [5, 5.41) is 3.28. The summed E-state index contributed by atoms with van der Waals surface area (Å²) in [6, 6.07) is 8.03. The fraction of sp³-hybridized carbons (Fsp3) is 0.474. The maximum Gasteiger partial charge on any atom is 0.229 e. The molecule has 0 bridgehead atoms. The van der Waals surface area contributed by atoms with Crippen molar-refractivity contribution in [2.75, 3.05) is 19.7 Å². The Kier molecular flexibility index (Phi) is 4.27. The van der Waals surface area contributed by atoms with E-state index >= 15 is 0 Å². The number of aromatic nitrogens is 1. The molecule has 0 spiro atoms. The second-order valence-corrected chi connectivity index (χ2v) is 7.66. The Hall–Kier alpha value is -1.88. The van der Waals surface area contributed by atoms with E-state index in [-0.39, 0.29) is 11.8 Å². The minimum atomic E-state index is -0.0586. The second-order valence-electron chi connectivity index (χ2n) is 6.77. The van der Waals surface area contributed by atoms with Crippen molar-refractivity contribution in [1.29, 1.82) is 0 Å². The Balaban J connectivity index is 1.45. The summed E-state index contributed by atoms with van der Waals surface area (Å²) in [5.74, 6) is 1.49. The Labute approximate surface area is 146 Å². The number of carbonyl (C=O) groups excluding carboxylic acids is 1. The van der Waals surface area contributed by atoms with Gasteiger partial charge in [0, 0.05) is 30.1 Å². The van der Waals surface area contributed by atoms with E-state index in [1.54, 1.807) is 11.3 Å². The Morgan fingerprint density at radius 2 is 2.25 bits per heavy atom.